The van der Waals surface area contributed by atoms with Crippen LogP contribution in [0.2, 0.25) is 0 Å². The number of ether oxygens (including phenoxy) is 1. The largest absolute Gasteiger partial charge is 0.377 e. The van der Waals surface area contributed by atoms with E-state index in [1.54, 1.807) is 0 Å². The van der Waals surface area contributed by atoms with E-state index in [1.807, 2.05) is 59.6 Å². The van der Waals surface area contributed by atoms with Crippen molar-refractivity contribution in [3.63, 3.8) is 0 Å². The highest BCUT2D eigenvalue weighted by molar-refractivity contribution is 7.12. The molecular formula is C24H33N3O3S. The first-order valence-corrected chi connectivity index (χ1v) is 11.9. The smallest absolute Gasteiger partial charge is 0.264 e. The van der Waals surface area contributed by atoms with Gasteiger partial charge in [-0.1, -0.05) is 19.4 Å². The zero-order valence-electron chi connectivity index (χ0n) is 18.7. The summed E-state index contributed by atoms with van der Waals surface area (Å²) in [4.78, 5) is 30.1. The van der Waals surface area contributed by atoms with E-state index in [0.717, 1.165) is 54.1 Å². The van der Waals surface area contributed by atoms with Crippen LogP contribution in [0.25, 0.3) is 0 Å². The van der Waals surface area contributed by atoms with Gasteiger partial charge in [0.25, 0.3) is 5.91 Å². The second kappa shape index (κ2) is 11.3. The Morgan fingerprint density at radius 1 is 1.26 bits per heavy atom. The van der Waals surface area contributed by atoms with Gasteiger partial charge in [0.2, 0.25) is 5.91 Å². The Balaban J connectivity index is 1.84. The maximum atomic E-state index is 13.3. The second-order valence-corrected chi connectivity index (χ2v) is 9.14. The predicted molar refractivity (Wildman–Crippen MR) is 127 cm³/mol. The average Bonchev–Trinajstić information content (AvgIpc) is 3.45. The lowest BCUT2D eigenvalue weighted by Crippen LogP contribution is -2.37. The summed E-state index contributed by atoms with van der Waals surface area (Å²) in [5.41, 5.74) is 2.80. The van der Waals surface area contributed by atoms with Crippen LogP contribution in [-0.2, 0) is 16.1 Å². The maximum absolute atomic E-state index is 13.3. The lowest BCUT2D eigenvalue weighted by Gasteiger charge is -2.28. The normalized spacial score (nSPS) is 15.6. The molecule has 1 fully saturated rings. The molecule has 2 aromatic rings. The fraction of sp³-hybridized carbons (Fsp3) is 0.500. The van der Waals surface area contributed by atoms with Crippen molar-refractivity contribution in [2.45, 2.75) is 51.7 Å². The highest BCUT2D eigenvalue weighted by atomic mass is 32.1. The molecular weight excluding hydrogens is 410 g/mol. The summed E-state index contributed by atoms with van der Waals surface area (Å²) in [7, 11) is 3.98. The average molecular weight is 444 g/mol. The van der Waals surface area contributed by atoms with Gasteiger partial charge in [0, 0.05) is 51.6 Å². The zero-order chi connectivity index (χ0) is 22.2. The molecule has 0 radical (unpaired) electrons. The van der Waals surface area contributed by atoms with Crippen molar-refractivity contribution in [1.82, 2.24) is 4.90 Å². The fourth-order valence-corrected chi connectivity index (χ4v) is 4.49. The van der Waals surface area contributed by atoms with Gasteiger partial charge in [0.05, 0.1) is 11.0 Å². The number of unbranched alkanes of at least 4 members (excludes halogenated alkanes) is 1. The van der Waals surface area contributed by atoms with Crippen molar-refractivity contribution in [2.24, 2.45) is 0 Å². The van der Waals surface area contributed by atoms with Crippen LogP contribution >= 0.6 is 11.3 Å². The van der Waals surface area contributed by atoms with E-state index in [-0.39, 0.29) is 17.9 Å². The van der Waals surface area contributed by atoms with E-state index in [0.29, 0.717) is 19.5 Å². The molecule has 0 aliphatic carbocycles. The Kier molecular flexibility index (Phi) is 8.49. The van der Waals surface area contributed by atoms with Gasteiger partial charge < -0.3 is 19.9 Å². The molecule has 1 unspecified atom stereocenters. The molecule has 168 valence electrons. The summed E-state index contributed by atoms with van der Waals surface area (Å²) < 4.78 is 5.82. The van der Waals surface area contributed by atoms with Gasteiger partial charge in [-0.2, -0.15) is 0 Å². The molecule has 31 heavy (non-hydrogen) atoms. The number of carbonyl (C=O) groups is 2. The van der Waals surface area contributed by atoms with Crippen LogP contribution in [-0.4, -0.2) is 50.1 Å². The Morgan fingerprint density at radius 2 is 2.10 bits per heavy atom. The molecule has 0 bridgehead atoms. The van der Waals surface area contributed by atoms with Crippen molar-refractivity contribution in [2.75, 3.05) is 37.5 Å². The van der Waals surface area contributed by atoms with Crippen LogP contribution in [0.1, 0.15) is 54.3 Å². The molecule has 6 nitrogen and oxygen atoms in total. The molecule has 1 N–H and O–H groups in total. The number of rotatable bonds is 10. The molecule has 3 rings (SSSR count). The number of hydrogen-bond donors (Lipinski definition) is 1. The Hall–Kier alpha value is -2.38. The first-order chi connectivity index (χ1) is 15.0. The van der Waals surface area contributed by atoms with E-state index in [2.05, 4.69) is 12.2 Å². The number of hydrogen-bond acceptors (Lipinski definition) is 5. The van der Waals surface area contributed by atoms with Gasteiger partial charge in [-0.25, -0.2) is 0 Å². The number of thiophene rings is 1. The topological polar surface area (TPSA) is 61.9 Å². The molecule has 1 saturated heterocycles. The van der Waals surface area contributed by atoms with Crippen LogP contribution in [0.15, 0.2) is 35.7 Å². The minimum absolute atomic E-state index is 0.0209. The number of anilines is 2. The van der Waals surface area contributed by atoms with E-state index in [4.69, 9.17) is 4.74 Å². The molecule has 7 heteroatoms. The Morgan fingerprint density at radius 3 is 2.74 bits per heavy atom. The summed E-state index contributed by atoms with van der Waals surface area (Å²) in [5.74, 6) is 0.0452. The number of nitrogens with zero attached hydrogens (tertiary/aromatic N) is 2. The Labute approximate surface area is 189 Å². The molecule has 2 heterocycles. The highest BCUT2D eigenvalue weighted by Gasteiger charge is 2.25. The quantitative estimate of drug-likeness (QED) is 0.575. The standard InChI is InChI=1S/C24H33N3O3S/c1-4-5-10-23(28)25-19-11-12-21(26(2)3)18(15-19)16-27(17-20-8-6-13-30-20)24(29)22-9-7-14-31-22/h7,9,11-12,14-15,20H,4-6,8,10,13,16-17H2,1-3H3,(H,25,28). The molecule has 1 aliphatic heterocycles. The lowest BCUT2D eigenvalue weighted by atomic mass is 10.1. The number of benzene rings is 1. The van der Waals surface area contributed by atoms with Crippen LogP contribution < -0.4 is 10.2 Å². The monoisotopic (exact) mass is 443 g/mol. The molecule has 1 atom stereocenters. The van der Waals surface area contributed by atoms with Crippen molar-refractivity contribution in [3.8, 4) is 0 Å². The maximum Gasteiger partial charge on any atom is 0.264 e. The minimum atomic E-state index is 0.0209. The summed E-state index contributed by atoms with van der Waals surface area (Å²) in [6.45, 7) is 3.86. The fourth-order valence-electron chi connectivity index (χ4n) is 3.80. The highest BCUT2D eigenvalue weighted by Crippen LogP contribution is 2.27. The summed E-state index contributed by atoms with van der Waals surface area (Å²) >= 11 is 1.46. The first kappa shape index (κ1) is 23.3. The van der Waals surface area contributed by atoms with Crippen molar-refractivity contribution < 1.29 is 14.3 Å². The van der Waals surface area contributed by atoms with Crippen LogP contribution in [0.3, 0.4) is 0 Å². The number of nitrogens with one attached hydrogen (secondary N) is 1. The van der Waals surface area contributed by atoms with Crippen molar-refractivity contribution in [3.05, 3.63) is 46.2 Å². The molecule has 0 saturated carbocycles. The van der Waals surface area contributed by atoms with Gasteiger partial charge in [-0.05, 0) is 54.5 Å². The van der Waals surface area contributed by atoms with Gasteiger partial charge in [-0.15, -0.1) is 11.3 Å². The summed E-state index contributed by atoms with van der Waals surface area (Å²) in [6.07, 6.45) is 4.46. The van der Waals surface area contributed by atoms with E-state index >= 15 is 0 Å². The molecule has 1 aromatic carbocycles. The third-order valence-electron chi connectivity index (χ3n) is 5.43. The third kappa shape index (κ3) is 6.55. The molecule has 1 aromatic heterocycles. The van der Waals surface area contributed by atoms with E-state index < -0.39 is 0 Å². The van der Waals surface area contributed by atoms with Gasteiger partial charge >= 0.3 is 0 Å². The zero-order valence-corrected chi connectivity index (χ0v) is 19.5. The minimum Gasteiger partial charge on any atom is -0.377 e. The lowest BCUT2D eigenvalue weighted by molar-refractivity contribution is -0.116. The van der Waals surface area contributed by atoms with Crippen LogP contribution in [0.5, 0.6) is 0 Å². The second-order valence-electron chi connectivity index (χ2n) is 8.19. The Bertz CT molecular complexity index is 861. The van der Waals surface area contributed by atoms with E-state index in [1.165, 1.54) is 11.3 Å². The van der Waals surface area contributed by atoms with Crippen molar-refractivity contribution in [1.29, 1.82) is 0 Å². The number of carbonyl (C=O) groups excluding carboxylic acids is 2. The summed E-state index contributed by atoms with van der Waals surface area (Å²) in [6, 6.07) is 9.69. The van der Waals surface area contributed by atoms with Gasteiger partial charge in [0.15, 0.2) is 0 Å². The van der Waals surface area contributed by atoms with E-state index in [9.17, 15) is 9.59 Å². The third-order valence-corrected chi connectivity index (χ3v) is 6.29. The van der Waals surface area contributed by atoms with Crippen LogP contribution in [0, 0.1) is 0 Å². The molecule has 1 aliphatic rings. The van der Waals surface area contributed by atoms with Crippen LogP contribution in [0.4, 0.5) is 11.4 Å². The predicted octanol–water partition coefficient (Wildman–Crippen LogP) is 4.76. The first-order valence-electron chi connectivity index (χ1n) is 11.0. The summed E-state index contributed by atoms with van der Waals surface area (Å²) in [5, 5.41) is 4.93. The van der Waals surface area contributed by atoms with Gasteiger partial charge in [0.1, 0.15) is 0 Å². The molecule has 0 spiro atoms. The number of amides is 2. The SMILES string of the molecule is CCCCC(=O)Nc1ccc(N(C)C)c(CN(CC2CCCO2)C(=O)c2cccs2)c1. The van der Waals surface area contributed by atoms with Crippen molar-refractivity contribution >= 4 is 34.5 Å². The van der Waals surface area contributed by atoms with Gasteiger partial charge in [-0.3, -0.25) is 9.59 Å². The molecule has 2 amide bonds.